The van der Waals surface area contributed by atoms with Crippen molar-refractivity contribution in [2.24, 2.45) is 5.92 Å². The van der Waals surface area contributed by atoms with E-state index >= 15 is 0 Å². The molecular formula is C20H23F2N5. The maximum atomic E-state index is 14.0. The fourth-order valence-corrected chi connectivity index (χ4v) is 3.97. The van der Waals surface area contributed by atoms with Crippen molar-refractivity contribution < 1.29 is 8.78 Å². The highest BCUT2D eigenvalue weighted by molar-refractivity contribution is 5.87. The van der Waals surface area contributed by atoms with Crippen molar-refractivity contribution >= 4 is 16.9 Å². The highest BCUT2D eigenvalue weighted by Crippen LogP contribution is 2.29. The second-order valence-electron chi connectivity index (χ2n) is 7.32. The van der Waals surface area contributed by atoms with E-state index in [-0.39, 0.29) is 18.2 Å². The SMILES string of the molecule is CC1CCN(Cc2c(F)cccc2F)CC1N(C)c1ncnc2[nH]ccc12. The summed E-state index contributed by atoms with van der Waals surface area (Å²) >= 11 is 0. The molecule has 0 saturated carbocycles. The molecule has 1 aromatic carbocycles. The Bertz CT molecular complexity index is 921. The quantitative estimate of drug-likeness (QED) is 0.762. The summed E-state index contributed by atoms with van der Waals surface area (Å²) < 4.78 is 28.1. The van der Waals surface area contributed by atoms with Crippen molar-refractivity contribution in [3.63, 3.8) is 0 Å². The zero-order valence-corrected chi connectivity index (χ0v) is 15.5. The lowest BCUT2D eigenvalue weighted by Crippen LogP contribution is -2.51. The van der Waals surface area contributed by atoms with Gasteiger partial charge in [0.05, 0.1) is 5.39 Å². The first-order valence-electron chi connectivity index (χ1n) is 9.20. The van der Waals surface area contributed by atoms with Crippen LogP contribution in [0.2, 0.25) is 0 Å². The number of nitrogens with zero attached hydrogens (tertiary/aromatic N) is 4. The van der Waals surface area contributed by atoms with Crippen molar-refractivity contribution in [3.8, 4) is 0 Å². The summed E-state index contributed by atoms with van der Waals surface area (Å²) in [5.74, 6) is 0.351. The Balaban J connectivity index is 1.56. The fourth-order valence-electron chi connectivity index (χ4n) is 3.97. The number of anilines is 1. The van der Waals surface area contributed by atoms with Crippen molar-refractivity contribution in [1.82, 2.24) is 19.9 Å². The third-order valence-electron chi connectivity index (χ3n) is 5.61. The molecule has 3 heterocycles. The lowest BCUT2D eigenvalue weighted by Gasteiger charge is -2.42. The number of H-pyrrole nitrogens is 1. The van der Waals surface area contributed by atoms with Crippen LogP contribution in [0.5, 0.6) is 0 Å². The Morgan fingerprint density at radius 3 is 2.78 bits per heavy atom. The zero-order chi connectivity index (χ0) is 19.0. The van der Waals surface area contributed by atoms with Crippen molar-refractivity contribution in [1.29, 1.82) is 0 Å². The van der Waals surface area contributed by atoms with Crippen molar-refractivity contribution in [2.45, 2.75) is 25.9 Å². The number of fused-ring (bicyclic) bond motifs is 1. The van der Waals surface area contributed by atoms with Gasteiger partial charge in [-0.05, 0) is 37.1 Å². The summed E-state index contributed by atoms with van der Waals surface area (Å²) in [6.07, 6.45) is 4.38. The highest BCUT2D eigenvalue weighted by Gasteiger charge is 2.31. The van der Waals surface area contributed by atoms with E-state index in [4.69, 9.17) is 0 Å². The number of hydrogen-bond donors (Lipinski definition) is 1. The lowest BCUT2D eigenvalue weighted by atomic mass is 9.92. The number of aromatic nitrogens is 3. The third kappa shape index (κ3) is 3.39. The normalized spacial score (nSPS) is 20.9. The summed E-state index contributed by atoms with van der Waals surface area (Å²) in [6, 6.07) is 6.21. The summed E-state index contributed by atoms with van der Waals surface area (Å²) in [5.41, 5.74) is 0.948. The molecular weight excluding hydrogens is 348 g/mol. The van der Waals surface area contributed by atoms with Crippen LogP contribution in [0, 0.1) is 17.6 Å². The molecule has 1 aliphatic rings. The number of nitrogens with one attached hydrogen (secondary N) is 1. The van der Waals surface area contributed by atoms with Gasteiger partial charge in [0, 0.05) is 37.9 Å². The van der Waals surface area contributed by atoms with Crippen LogP contribution < -0.4 is 4.90 Å². The molecule has 2 atom stereocenters. The second-order valence-corrected chi connectivity index (χ2v) is 7.32. The number of aromatic amines is 1. The van der Waals surface area contributed by atoms with E-state index < -0.39 is 11.6 Å². The van der Waals surface area contributed by atoms with Crippen LogP contribution in [0.15, 0.2) is 36.8 Å². The Kier molecular flexibility index (Phi) is 4.78. The molecule has 2 unspecified atom stereocenters. The monoisotopic (exact) mass is 371 g/mol. The van der Waals surface area contributed by atoms with Gasteiger partial charge in [0.15, 0.2) is 0 Å². The molecule has 1 aliphatic heterocycles. The minimum absolute atomic E-state index is 0.142. The molecule has 27 heavy (non-hydrogen) atoms. The second kappa shape index (κ2) is 7.23. The molecule has 0 spiro atoms. The van der Waals surface area contributed by atoms with E-state index in [1.54, 1.807) is 6.33 Å². The topological polar surface area (TPSA) is 48.1 Å². The first-order valence-corrected chi connectivity index (χ1v) is 9.20. The Morgan fingerprint density at radius 1 is 1.22 bits per heavy atom. The number of benzene rings is 1. The van der Waals surface area contributed by atoms with Crippen molar-refractivity contribution in [2.75, 3.05) is 25.0 Å². The molecule has 5 nitrogen and oxygen atoms in total. The van der Waals surface area contributed by atoms with Crippen molar-refractivity contribution in [3.05, 3.63) is 54.0 Å². The number of piperidine rings is 1. The van der Waals surface area contributed by atoms with Gasteiger partial charge in [0.1, 0.15) is 29.4 Å². The predicted molar refractivity (Wildman–Crippen MR) is 101 cm³/mol. The van der Waals surface area contributed by atoms with E-state index in [9.17, 15) is 8.78 Å². The minimum Gasteiger partial charge on any atom is -0.354 e. The Morgan fingerprint density at radius 2 is 2.00 bits per heavy atom. The predicted octanol–water partition coefficient (Wildman–Crippen LogP) is 3.58. The van der Waals surface area contributed by atoms with E-state index in [1.165, 1.54) is 18.2 Å². The van der Waals surface area contributed by atoms with Gasteiger partial charge in [-0.15, -0.1) is 0 Å². The number of likely N-dealkylation sites (tertiary alicyclic amines) is 1. The zero-order valence-electron chi connectivity index (χ0n) is 15.5. The Hall–Kier alpha value is -2.54. The smallest absolute Gasteiger partial charge is 0.142 e. The first-order chi connectivity index (χ1) is 13.0. The highest BCUT2D eigenvalue weighted by atomic mass is 19.1. The van der Waals surface area contributed by atoms with Gasteiger partial charge in [-0.1, -0.05) is 13.0 Å². The number of halogens is 2. The van der Waals surface area contributed by atoms with Gasteiger partial charge in [-0.2, -0.15) is 0 Å². The van der Waals surface area contributed by atoms with Gasteiger partial charge in [0.25, 0.3) is 0 Å². The molecule has 1 saturated heterocycles. The molecule has 0 bridgehead atoms. The third-order valence-corrected chi connectivity index (χ3v) is 5.61. The summed E-state index contributed by atoms with van der Waals surface area (Å²) in [7, 11) is 2.03. The van der Waals surface area contributed by atoms with Crippen LogP contribution in [0.4, 0.5) is 14.6 Å². The standard InChI is InChI=1S/C20H23F2N5/c1-13-7-9-27(10-15-16(21)4-3-5-17(15)22)11-18(13)26(2)20-14-6-8-23-19(14)24-12-25-20/h3-6,8,12-13,18H,7,9-11H2,1-2H3,(H,23,24,25). The van der Waals surface area contributed by atoms with Crippen LogP contribution in [-0.2, 0) is 6.54 Å². The van der Waals surface area contributed by atoms with Gasteiger partial charge in [-0.25, -0.2) is 18.7 Å². The number of rotatable bonds is 4. The maximum absolute atomic E-state index is 14.0. The molecule has 1 fully saturated rings. The van der Waals surface area contributed by atoms with Crippen LogP contribution >= 0.6 is 0 Å². The molecule has 142 valence electrons. The number of likely N-dealkylation sites (N-methyl/N-ethyl adjacent to an activating group) is 1. The van der Waals surface area contributed by atoms with Crippen LogP contribution in [0.3, 0.4) is 0 Å². The van der Waals surface area contributed by atoms with E-state index in [1.807, 2.05) is 19.3 Å². The van der Waals surface area contributed by atoms with Gasteiger partial charge in [-0.3, -0.25) is 4.90 Å². The van der Waals surface area contributed by atoms with E-state index in [0.29, 0.717) is 5.92 Å². The molecule has 2 aromatic heterocycles. The molecule has 0 radical (unpaired) electrons. The molecule has 4 rings (SSSR count). The molecule has 1 N–H and O–H groups in total. The van der Waals surface area contributed by atoms with Crippen LogP contribution in [-0.4, -0.2) is 46.0 Å². The average molecular weight is 371 g/mol. The largest absolute Gasteiger partial charge is 0.354 e. The van der Waals surface area contributed by atoms with E-state index in [2.05, 4.69) is 31.7 Å². The first kappa shape index (κ1) is 17.9. The molecule has 3 aromatic rings. The fraction of sp³-hybridized carbons (Fsp3) is 0.400. The lowest BCUT2D eigenvalue weighted by molar-refractivity contribution is 0.156. The summed E-state index contributed by atoms with van der Waals surface area (Å²) in [6.45, 7) is 4.04. The van der Waals surface area contributed by atoms with E-state index in [0.717, 1.165) is 36.4 Å². The molecule has 0 amide bonds. The summed E-state index contributed by atoms with van der Waals surface area (Å²) in [5, 5.41) is 0.976. The minimum atomic E-state index is -0.483. The maximum Gasteiger partial charge on any atom is 0.142 e. The van der Waals surface area contributed by atoms with Gasteiger partial charge >= 0.3 is 0 Å². The Labute approximate surface area is 157 Å². The summed E-state index contributed by atoms with van der Waals surface area (Å²) in [4.78, 5) is 16.1. The molecule has 0 aliphatic carbocycles. The van der Waals surface area contributed by atoms with Crippen LogP contribution in [0.25, 0.3) is 11.0 Å². The number of hydrogen-bond acceptors (Lipinski definition) is 4. The average Bonchev–Trinajstić information content (AvgIpc) is 3.14. The van der Waals surface area contributed by atoms with Gasteiger partial charge in [0.2, 0.25) is 0 Å². The molecule has 7 heteroatoms. The van der Waals surface area contributed by atoms with Crippen LogP contribution in [0.1, 0.15) is 18.9 Å². The van der Waals surface area contributed by atoms with Gasteiger partial charge < -0.3 is 9.88 Å².